The number of benzene rings is 2. The first-order chi connectivity index (χ1) is 18.7. The third-order valence-corrected chi connectivity index (χ3v) is 7.87. The second-order valence-corrected chi connectivity index (χ2v) is 11.2. The Kier molecular flexibility index (Phi) is 11.7. The average Bonchev–Trinajstić information content (AvgIpc) is 3.38. The highest BCUT2D eigenvalue weighted by Gasteiger charge is 2.22. The van der Waals surface area contributed by atoms with E-state index in [1.807, 2.05) is 17.5 Å². The number of nitrogens with zero attached hydrogens (tertiary/aromatic N) is 1. The molecule has 0 N–H and O–H groups in total. The van der Waals surface area contributed by atoms with Gasteiger partial charge in [0.1, 0.15) is 10.8 Å². The van der Waals surface area contributed by atoms with Crippen molar-refractivity contribution >= 4 is 52.2 Å². The number of hydrogen-bond acceptors (Lipinski definition) is 6. The van der Waals surface area contributed by atoms with Crippen LogP contribution in [-0.4, -0.2) is 30.3 Å². The molecule has 0 fully saturated rings. The molecule has 0 bridgehead atoms. The number of halogens is 2. The van der Waals surface area contributed by atoms with E-state index < -0.39 is 0 Å². The van der Waals surface area contributed by atoms with Gasteiger partial charge < -0.3 is 9.47 Å². The number of allylic oxidation sites excluding steroid dienone is 1. The van der Waals surface area contributed by atoms with Crippen LogP contribution in [0.4, 0.5) is 0 Å². The van der Waals surface area contributed by atoms with Gasteiger partial charge in [0.25, 0.3) is 0 Å². The Bertz CT molecular complexity index is 1320. The van der Waals surface area contributed by atoms with Crippen LogP contribution in [0.5, 0.6) is 5.75 Å². The normalized spacial score (nSPS) is 12.4. The molecule has 1 unspecified atom stereocenters. The highest BCUT2D eigenvalue weighted by molar-refractivity contribution is 7.10. The number of rotatable bonds is 14. The summed E-state index contributed by atoms with van der Waals surface area (Å²) in [5.41, 5.74) is 4.08. The molecule has 8 heteroatoms. The topological polar surface area (TPSA) is 65.5 Å². The summed E-state index contributed by atoms with van der Waals surface area (Å²) in [5, 5.41) is 3.25. The maximum Gasteiger partial charge on any atom is 0.169 e. The van der Waals surface area contributed by atoms with E-state index >= 15 is 0 Å². The van der Waals surface area contributed by atoms with Crippen LogP contribution in [0, 0.1) is 0 Å². The first-order valence-electron chi connectivity index (χ1n) is 13.1. The van der Waals surface area contributed by atoms with Gasteiger partial charge in [0.05, 0.1) is 35.4 Å². The van der Waals surface area contributed by atoms with E-state index in [0.717, 1.165) is 48.3 Å². The van der Waals surface area contributed by atoms with Crippen LogP contribution in [0.15, 0.2) is 41.3 Å². The molecule has 208 valence electrons. The van der Waals surface area contributed by atoms with Crippen molar-refractivity contribution in [3.63, 3.8) is 0 Å². The molecule has 3 aromatic rings. The highest BCUT2D eigenvalue weighted by Crippen LogP contribution is 2.39. The fraction of sp³-hybridized carbons (Fsp3) is 0.387. The van der Waals surface area contributed by atoms with E-state index in [1.54, 1.807) is 32.2 Å². The van der Waals surface area contributed by atoms with E-state index in [9.17, 15) is 9.59 Å². The van der Waals surface area contributed by atoms with Gasteiger partial charge in [0.2, 0.25) is 0 Å². The van der Waals surface area contributed by atoms with Crippen molar-refractivity contribution in [1.29, 1.82) is 0 Å². The van der Waals surface area contributed by atoms with Gasteiger partial charge in [-0.2, -0.15) is 0 Å². The van der Waals surface area contributed by atoms with E-state index in [2.05, 4.69) is 19.9 Å². The smallest absolute Gasteiger partial charge is 0.169 e. The number of ketones is 2. The van der Waals surface area contributed by atoms with Crippen LogP contribution in [0.3, 0.4) is 0 Å². The van der Waals surface area contributed by atoms with Gasteiger partial charge in [0.15, 0.2) is 11.6 Å². The fourth-order valence-electron chi connectivity index (χ4n) is 4.17. The molecule has 0 amide bonds. The molecular formula is C31H35Cl2NO4S. The number of carbonyl (C=O) groups excluding carboxylic acids is 2. The van der Waals surface area contributed by atoms with Crippen LogP contribution in [0.1, 0.15) is 86.0 Å². The summed E-state index contributed by atoms with van der Waals surface area (Å²) in [4.78, 5) is 29.5. The maximum atomic E-state index is 13.1. The standard InChI is InChI=1S/C31H35Cl2NO4S/c1-6-8-12-29(38-13-7-2)23-11-9-10-22(31(23)37-5)27-18-39-30(34-27)17-28(36)21-15-25(32)24(26(33)16-21)14-19(3)20(4)35/h9-11,14-16,18,29H,6-8,12-13,17H2,1-5H3. The lowest BCUT2D eigenvalue weighted by atomic mass is 9.98. The lowest BCUT2D eigenvalue weighted by Gasteiger charge is -2.22. The Labute approximate surface area is 245 Å². The molecule has 3 rings (SSSR count). The van der Waals surface area contributed by atoms with Crippen molar-refractivity contribution in [2.24, 2.45) is 0 Å². The summed E-state index contributed by atoms with van der Waals surface area (Å²) in [7, 11) is 1.67. The summed E-state index contributed by atoms with van der Waals surface area (Å²) >= 11 is 14.3. The molecule has 1 atom stereocenters. The number of aromatic nitrogens is 1. The molecular weight excluding hydrogens is 553 g/mol. The zero-order valence-corrected chi connectivity index (χ0v) is 25.4. The highest BCUT2D eigenvalue weighted by atomic mass is 35.5. The monoisotopic (exact) mass is 587 g/mol. The van der Waals surface area contributed by atoms with Crippen LogP contribution in [-0.2, 0) is 16.0 Å². The molecule has 0 spiro atoms. The van der Waals surface area contributed by atoms with E-state index in [-0.39, 0.29) is 24.1 Å². The maximum absolute atomic E-state index is 13.1. The van der Waals surface area contributed by atoms with Crippen LogP contribution in [0.2, 0.25) is 10.0 Å². The van der Waals surface area contributed by atoms with Gasteiger partial charge in [-0.15, -0.1) is 11.3 Å². The lowest BCUT2D eigenvalue weighted by Crippen LogP contribution is -2.08. The third-order valence-electron chi connectivity index (χ3n) is 6.40. The third kappa shape index (κ3) is 8.01. The molecule has 0 saturated heterocycles. The second-order valence-electron chi connectivity index (χ2n) is 9.39. The summed E-state index contributed by atoms with van der Waals surface area (Å²) in [6.45, 7) is 8.14. The van der Waals surface area contributed by atoms with Gasteiger partial charge >= 0.3 is 0 Å². The van der Waals surface area contributed by atoms with Crippen molar-refractivity contribution < 1.29 is 19.1 Å². The lowest BCUT2D eigenvalue weighted by molar-refractivity contribution is -0.113. The number of thiazole rings is 1. The van der Waals surface area contributed by atoms with E-state index in [0.29, 0.717) is 38.4 Å². The zero-order valence-electron chi connectivity index (χ0n) is 23.1. The minimum atomic E-state index is -0.146. The number of ether oxygens (including phenoxy) is 2. The van der Waals surface area contributed by atoms with Crippen molar-refractivity contribution in [2.75, 3.05) is 13.7 Å². The largest absolute Gasteiger partial charge is 0.496 e. The quantitative estimate of drug-likeness (QED) is 0.139. The summed E-state index contributed by atoms with van der Waals surface area (Å²) in [6.07, 6.45) is 5.71. The van der Waals surface area contributed by atoms with Gasteiger partial charge in [-0.1, -0.05) is 62.0 Å². The SMILES string of the molecule is CCCCC(OCCC)c1cccc(-c2csc(CC(=O)c3cc(Cl)c(C=C(C)C(C)=O)c(Cl)c3)n2)c1OC. The number of hydrogen-bond donors (Lipinski definition) is 0. The summed E-state index contributed by atoms with van der Waals surface area (Å²) in [6, 6.07) is 9.21. The second kappa shape index (κ2) is 14.8. The average molecular weight is 589 g/mol. The van der Waals surface area contributed by atoms with Crippen LogP contribution >= 0.6 is 34.5 Å². The molecule has 2 aromatic carbocycles. The Morgan fingerprint density at radius 2 is 1.82 bits per heavy atom. The molecule has 0 aliphatic rings. The van der Waals surface area contributed by atoms with Gasteiger partial charge in [-0.25, -0.2) is 4.98 Å². The van der Waals surface area contributed by atoms with Gasteiger partial charge in [-0.05, 0) is 56.5 Å². The molecule has 1 aromatic heterocycles. The summed E-state index contributed by atoms with van der Waals surface area (Å²) < 4.78 is 12.1. The van der Waals surface area contributed by atoms with E-state index in [1.165, 1.54) is 18.3 Å². The predicted molar refractivity (Wildman–Crippen MR) is 161 cm³/mol. The van der Waals surface area contributed by atoms with Crippen molar-refractivity contribution in [1.82, 2.24) is 4.98 Å². The number of methoxy groups -OCH3 is 1. The first kappa shape index (κ1) is 31.0. The molecule has 0 aliphatic carbocycles. The molecule has 0 saturated carbocycles. The molecule has 39 heavy (non-hydrogen) atoms. The Morgan fingerprint density at radius 3 is 2.44 bits per heavy atom. The Balaban J connectivity index is 1.86. The predicted octanol–water partition coefficient (Wildman–Crippen LogP) is 9.20. The Hall–Kier alpha value is -2.51. The molecule has 0 aliphatic heterocycles. The van der Waals surface area contributed by atoms with Gasteiger partial charge in [0, 0.05) is 34.2 Å². The zero-order chi connectivity index (χ0) is 28.5. The number of para-hydroxylation sites is 1. The minimum Gasteiger partial charge on any atom is -0.496 e. The van der Waals surface area contributed by atoms with Crippen LogP contribution < -0.4 is 4.74 Å². The minimum absolute atomic E-state index is 0.0500. The van der Waals surface area contributed by atoms with Crippen molar-refractivity contribution in [3.8, 4) is 17.0 Å². The Morgan fingerprint density at radius 1 is 1.10 bits per heavy atom. The number of carbonyl (C=O) groups is 2. The number of unbranched alkanes of at least 4 members (excludes halogenated alkanes) is 1. The first-order valence-corrected chi connectivity index (χ1v) is 14.8. The molecule has 5 nitrogen and oxygen atoms in total. The fourth-order valence-corrected chi connectivity index (χ4v) is 5.56. The van der Waals surface area contributed by atoms with Crippen molar-refractivity contribution in [3.05, 3.63) is 73.0 Å². The molecule has 1 heterocycles. The number of Topliss-reactive ketones (excluding diaryl/α,β-unsaturated/α-hetero) is 2. The van der Waals surface area contributed by atoms with Gasteiger partial charge in [-0.3, -0.25) is 9.59 Å². The van der Waals surface area contributed by atoms with Crippen LogP contribution in [0.25, 0.3) is 17.3 Å². The molecule has 0 radical (unpaired) electrons. The van der Waals surface area contributed by atoms with E-state index in [4.69, 9.17) is 37.7 Å². The summed E-state index contributed by atoms with van der Waals surface area (Å²) in [5.74, 6) is 0.529. The van der Waals surface area contributed by atoms with Crippen molar-refractivity contribution in [2.45, 2.75) is 65.9 Å².